The minimum atomic E-state index is -0.924. The van der Waals surface area contributed by atoms with E-state index in [4.69, 9.17) is 5.11 Å². The van der Waals surface area contributed by atoms with Gasteiger partial charge in [-0.05, 0) is 54.7 Å². The van der Waals surface area contributed by atoms with E-state index < -0.39 is 5.97 Å². The van der Waals surface area contributed by atoms with Gasteiger partial charge in [0.25, 0.3) is 0 Å². The molecule has 0 spiro atoms. The molecule has 108 valence electrons. The maximum absolute atomic E-state index is 13.0. The minimum Gasteiger partial charge on any atom is -0.478 e. The zero-order valence-electron chi connectivity index (χ0n) is 12.1. The second kappa shape index (κ2) is 6.35. The first-order valence-electron chi connectivity index (χ1n) is 6.71. The lowest BCUT2D eigenvalue weighted by Crippen LogP contribution is -1.94. The molecule has 0 unspecified atom stereocenters. The number of carboxylic acids is 1. The van der Waals surface area contributed by atoms with Gasteiger partial charge in [0.15, 0.2) is 0 Å². The van der Waals surface area contributed by atoms with Crippen molar-refractivity contribution < 1.29 is 14.3 Å². The fourth-order valence-electron chi connectivity index (χ4n) is 2.37. The van der Waals surface area contributed by atoms with Crippen molar-refractivity contribution in [2.45, 2.75) is 20.3 Å². The highest BCUT2D eigenvalue weighted by Crippen LogP contribution is 2.25. The number of benzene rings is 2. The van der Waals surface area contributed by atoms with Crippen LogP contribution in [0.15, 0.2) is 54.1 Å². The van der Waals surface area contributed by atoms with Gasteiger partial charge in [-0.3, -0.25) is 0 Å². The predicted molar refractivity (Wildman–Crippen MR) is 81.7 cm³/mol. The molecule has 1 N–H and O–H groups in total. The van der Waals surface area contributed by atoms with Gasteiger partial charge in [-0.2, -0.15) is 0 Å². The van der Waals surface area contributed by atoms with Crippen LogP contribution in [0, 0.1) is 12.7 Å². The van der Waals surface area contributed by atoms with Crippen LogP contribution in [-0.4, -0.2) is 11.1 Å². The van der Waals surface area contributed by atoms with E-state index in [2.05, 4.69) is 0 Å². The van der Waals surface area contributed by atoms with Crippen LogP contribution in [-0.2, 0) is 11.2 Å². The summed E-state index contributed by atoms with van der Waals surface area (Å²) in [7, 11) is 0. The summed E-state index contributed by atoms with van der Waals surface area (Å²) >= 11 is 0. The van der Waals surface area contributed by atoms with Gasteiger partial charge in [0.05, 0.1) is 0 Å². The molecule has 0 saturated carbocycles. The van der Waals surface area contributed by atoms with E-state index in [1.54, 1.807) is 19.1 Å². The van der Waals surface area contributed by atoms with Crippen LogP contribution in [0.5, 0.6) is 0 Å². The van der Waals surface area contributed by atoms with Crippen LogP contribution in [0.2, 0.25) is 0 Å². The Balaban J connectivity index is 2.25. The molecule has 0 aromatic heterocycles. The summed E-state index contributed by atoms with van der Waals surface area (Å²) in [5, 5.41) is 8.72. The molecule has 0 amide bonds. The largest absolute Gasteiger partial charge is 0.478 e. The van der Waals surface area contributed by atoms with E-state index in [0.29, 0.717) is 6.42 Å². The molecule has 21 heavy (non-hydrogen) atoms. The van der Waals surface area contributed by atoms with Crippen LogP contribution in [0.3, 0.4) is 0 Å². The number of aliphatic carboxylic acids is 1. The highest BCUT2D eigenvalue weighted by molar-refractivity contribution is 5.80. The molecule has 0 atom stereocenters. The summed E-state index contributed by atoms with van der Waals surface area (Å²) < 4.78 is 13.0. The van der Waals surface area contributed by atoms with E-state index in [1.165, 1.54) is 18.2 Å². The van der Waals surface area contributed by atoms with Gasteiger partial charge >= 0.3 is 5.97 Å². The van der Waals surface area contributed by atoms with Crippen molar-refractivity contribution in [3.8, 4) is 11.1 Å². The molecular weight excluding hydrogens is 267 g/mol. The number of hydrogen-bond acceptors (Lipinski definition) is 1. The maximum Gasteiger partial charge on any atom is 0.328 e. The third kappa shape index (κ3) is 4.02. The van der Waals surface area contributed by atoms with Gasteiger partial charge in [-0.1, -0.05) is 35.9 Å². The third-order valence-corrected chi connectivity index (χ3v) is 3.30. The Morgan fingerprint density at radius 1 is 1.19 bits per heavy atom. The Bertz CT molecular complexity index is 685. The van der Waals surface area contributed by atoms with E-state index in [-0.39, 0.29) is 5.82 Å². The fraction of sp³-hybridized carbons (Fsp3) is 0.167. The summed E-state index contributed by atoms with van der Waals surface area (Å²) in [6, 6.07) is 12.4. The number of carboxylic acid groups (broad SMARTS) is 1. The van der Waals surface area contributed by atoms with Crippen LogP contribution < -0.4 is 0 Å². The zero-order valence-corrected chi connectivity index (χ0v) is 12.1. The molecule has 0 aliphatic heterocycles. The van der Waals surface area contributed by atoms with Gasteiger partial charge in [-0.15, -0.1) is 0 Å². The summed E-state index contributed by atoms with van der Waals surface area (Å²) in [5.41, 5.74) is 4.98. The summed E-state index contributed by atoms with van der Waals surface area (Å²) in [5.74, 6) is -1.17. The van der Waals surface area contributed by atoms with Gasteiger partial charge in [-0.25, -0.2) is 9.18 Å². The Morgan fingerprint density at radius 3 is 2.43 bits per heavy atom. The van der Waals surface area contributed by atoms with Crippen LogP contribution in [0.25, 0.3) is 11.1 Å². The lowest BCUT2D eigenvalue weighted by Gasteiger charge is -2.09. The molecule has 2 nitrogen and oxygen atoms in total. The average molecular weight is 284 g/mol. The van der Waals surface area contributed by atoms with Gasteiger partial charge in [0, 0.05) is 6.08 Å². The summed E-state index contributed by atoms with van der Waals surface area (Å²) in [4.78, 5) is 10.6. The molecule has 0 aliphatic carbocycles. The van der Waals surface area contributed by atoms with Crippen LogP contribution >= 0.6 is 0 Å². The van der Waals surface area contributed by atoms with Crippen molar-refractivity contribution in [1.82, 2.24) is 0 Å². The van der Waals surface area contributed by atoms with E-state index >= 15 is 0 Å². The second-order valence-electron chi connectivity index (χ2n) is 5.16. The Kier molecular flexibility index (Phi) is 4.53. The first kappa shape index (κ1) is 15.0. The topological polar surface area (TPSA) is 37.3 Å². The lowest BCUT2D eigenvalue weighted by atomic mass is 9.96. The summed E-state index contributed by atoms with van der Waals surface area (Å²) in [6.07, 6.45) is 1.83. The molecule has 0 heterocycles. The number of halogens is 1. The quantitative estimate of drug-likeness (QED) is 0.846. The summed E-state index contributed by atoms with van der Waals surface area (Å²) in [6.45, 7) is 3.80. The zero-order chi connectivity index (χ0) is 15.4. The molecule has 2 aromatic carbocycles. The smallest absolute Gasteiger partial charge is 0.328 e. The lowest BCUT2D eigenvalue weighted by molar-refractivity contribution is -0.131. The molecule has 3 heteroatoms. The van der Waals surface area contributed by atoms with Gasteiger partial charge in [0.2, 0.25) is 0 Å². The van der Waals surface area contributed by atoms with Crippen molar-refractivity contribution in [3.05, 3.63) is 71.1 Å². The molecule has 0 bridgehead atoms. The highest BCUT2D eigenvalue weighted by Gasteiger charge is 2.04. The van der Waals surface area contributed by atoms with Crippen molar-refractivity contribution in [1.29, 1.82) is 0 Å². The van der Waals surface area contributed by atoms with Crippen LogP contribution in [0.4, 0.5) is 4.39 Å². The molecule has 2 rings (SSSR count). The van der Waals surface area contributed by atoms with E-state index in [1.807, 2.05) is 25.1 Å². The minimum absolute atomic E-state index is 0.248. The van der Waals surface area contributed by atoms with Crippen molar-refractivity contribution in [3.63, 3.8) is 0 Å². The third-order valence-electron chi connectivity index (χ3n) is 3.30. The fourth-order valence-corrected chi connectivity index (χ4v) is 2.37. The molecule has 0 saturated heterocycles. The van der Waals surface area contributed by atoms with Gasteiger partial charge < -0.3 is 5.11 Å². The highest BCUT2D eigenvalue weighted by atomic mass is 19.1. The molecule has 2 aromatic rings. The van der Waals surface area contributed by atoms with E-state index in [9.17, 15) is 9.18 Å². The molecule has 0 fully saturated rings. The number of hydrogen-bond donors (Lipinski definition) is 1. The Labute approximate surface area is 123 Å². The van der Waals surface area contributed by atoms with Crippen molar-refractivity contribution in [2.75, 3.05) is 0 Å². The standard InChI is InChI=1S/C18H17FO2/c1-12(10-18(20)21)9-14-3-8-17(13(2)11-14)15-4-6-16(19)7-5-15/h3-8,10-11H,9H2,1-2H3,(H,20,21). The van der Waals surface area contributed by atoms with Crippen molar-refractivity contribution >= 4 is 5.97 Å². The predicted octanol–water partition coefficient (Wildman–Crippen LogP) is 4.37. The molecule has 0 aliphatic rings. The first-order valence-corrected chi connectivity index (χ1v) is 6.71. The maximum atomic E-state index is 13.0. The molecular formula is C18H17FO2. The van der Waals surface area contributed by atoms with Gasteiger partial charge in [0.1, 0.15) is 5.82 Å². The molecule has 0 radical (unpaired) electrons. The Hall–Kier alpha value is -2.42. The number of allylic oxidation sites excluding steroid dienone is 1. The monoisotopic (exact) mass is 284 g/mol. The van der Waals surface area contributed by atoms with Crippen LogP contribution in [0.1, 0.15) is 18.1 Å². The van der Waals surface area contributed by atoms with E-state index in [0.717, 1.165) is 27.8 Å². The number of carbonyl (C=O) groups is 1. The normalized spacial score (nSPS) is 11.5. The average Bonchev–Trinajstić information content (AvgIpc) is 2.39. The SMILES string of the molecule is CC(=CC(=O)O)Cc1ccc(-c2ccc(F)cc2)c(C)c1. The second-order valence-corrected chi connectivity index (χ2v) is 5.16. The number of rotatable bonds is 4. The number of aryl methyl sites for hydroxylation is 1. The first-order chi connectivity index (χ1) is 9.95. The Morgan fingerprint density at radius 2 is 1.86 bits per heavy atom. The van der Waals surface area contributed by atoms with Crippen molar-refractivity contribution in [2.24, 2.45) is 0 Å².